The molecule has 0 spiro atoms. The topological polar surface area (TPSA) is 76.1 Å². The number of rotatable bonds is 6. The molecule has 1 fully saturated rings. The number of carbonyl (C=O) groups is 2. The fourth-order valence-electron chi connectivity index (χ4n) is 3.20. The van der Waals surface area contributed by atoms with Gasteiger partial charge in [-0.15, -0.1) is 0 Å². The third kappa shape index (κ3) is 3.74. The molecule has 1 aliphatic rings. The minimum Gasteiger partial charge on any atom is -0.507 e. The normalized spacial score (nSPS) is 18.5. The van der Waals surface area contributed by atoms with Crippen molar-refractivity contribution in [3.05, 3.63) is 70.3 Å². The zero-order valence-corrected chi connectivity index (χ0v) is 16.3. The molecule has 2 aromatic carbocycles. The maximum Gasteiger partial charge on any atom is 0.295 e. The number of amides is 1. The van der Waals surface area contributed by atoms with Crippen LogP contribution in [0.1, 0.15) is 17.2 Å². The van der Waals surface area contributed by atoms with Gasteiger partial charge in [0.05, 0.1) is 25.3 Å². The maximum atomic E-state index is 12.8. The number of benzene rings is 2. The van der Waals surface area contributed by atoms with E-state index < -0.39 is 17.7 Å². The Morgan fingerprint density at radius 1 is 1.07 bits per heavy atom. The number of aliphatic hydroxyl groups excluding tert-OH is 1. The third-order valence-corrected chi connectivity index (χ3v) is 4.88. The minimum absolute atomic E-state index is 0.0357. The molecule has 0 aliphatic carbocycles. The first kappa shape index (κ1) is 19.9. The van der Waals surface area contributed by atoms with Gasteiger partial charge in [-0.2, -0.15) is 0 Å². The van der Waals surface area contributed by atoms with Crippen LogP contribution in [-0.2, 0) is 14.3 Å². The van der Waals surface area contributed by atoms with Gasteiger partial charge in [0.1, 0.15) is 11.5 Å². The predicted octanol–water partition coefficient (Wildman–Crippen LogP) is 3.42. The van der Waals surface area contributed by atoms with E-state index in [-0.39, 0.29) is 24.5 Å². The molecule has 6 nitrogen and oxygen atoms in total. The SMILES string of the molecule is COCCN1C(=O)C(=O)/C(=C(/O)c2ccc(Cl)cc2)C1c1ccc(OC)cc1. The van der Waals surface area contributed by atoms with Crippen molar-refractivity contribution in [3.8, 4) is 5.75 Å². The van der Waals surface area contributed by atoms with E-state index in [2.05, 4.69) is 0 Å². The van der Waals surface area contributed by atoms with Gasteiger partial charge in [0.25, 0.3) is 11.7 Å². The van der Waals surface area contributed by atoms with Crippen molar-refractivity contribution >= 4 is 29.1 Å². The van der Waals surface area contributed by atoms with E-state index in [0.29, 0.717) is 21.9 Å². The van der Waals surface area contributed by atoms with Crippen molar-refractivity contribution in [2.45, 2.75) is 6.04 Å². The summed E-state index contributed by atoms with van der Waals surface area (Å²) in [4.78, 5) is 26.8. The second-order valence-electron chi connectivity index (χ2n) is 6.27. The molecular formula is C21H20ClNO5. The summed E-state index contributed by atoms with van der Waals surface area (Å²) >= 11 is 5.91. The Hall–Kier alpha value is -2.83. The number of hydrogen-bond donors (Lipinski definition) is 1. The number of aliphatic hydroxyl groups is 1. The van der Waals surface area contributed by atoms with E-state index in [0.717, 1.165) is 0 Å². The van der Waals surface area contributed by atoms with Gasteiger partial charge in [0, 0.05) is 24.2 Å². The van der Waals surface area contributed by atoms with Crippen molar-refractivity contribution in [1.29, 1.82) is 0 Å². The summed E-state index contributed by atoms with van der Waals surface area (Å²) in [5, 5.41) is 11.4. The molecule has 7 heteroatoms. The van der Waals surface area contributed by atoms with Crippen LogP contribution in [0.2, 0.25) is 5.02 Å². The van der Waals surface area contributed by atoms with E-state index in [1.807, 2.05) is 0 Å². The lowest BCUT2D eigenvalue weighted by Crippen LogP contribution is -2.32. The molecule has 0 bridgehead atoms. The number of methoxy groups -OCH3 is 2. The van der Waals surface area contributed by atoms with E-state index in [1.165, 1.54) is 12.0 Å². The van der Waals surface area contributed by atoms with E-state index in [1.54, 1.807) is 55.6 Å². The smallest absolute Gasteiger partial charge is 0.295 e. The van der Waals surface area contributed by atoms with Crippen molar-refractivity contribution in [2.24, 2.45) is 0 Å². The molecule has 1 atom stereocenters. The fraction of sp³-hybridized carbons (Fsp3) is 0.238. The van der Waals surface area contributed by atoms with Crippen molar-refractivity contribution < 1.29 is 24.2 Å². The summed E-state index contributed by atoms with van der Waals surface area (Å²) in [6.45, 7) is 0.482. The molecule has 1 amide bonds. The summed E-state index contributed by atoms with van der Waals surface area (Å²) < 4.78 is 10.3. The van der Waals surface area contributed by atoms with Crippen LogP contribution in [-0.4, -0.2) is 49.1 Å². The standard InChI is InChI=1S/C21H20ClNO5/c1-27-12-11-23-18(13-5-9-16(28-2)10-6-13)17(20(25)21(23)26)19(24)14-3-7-15(22)8-4-14/h3-10,18,24H,11-12H2,1-2H3/b19-17+. The molecule has 1 unspecified atom stereocenters. The summed E-state index contributed by atoms with van der Waals surface area (Å²) in [5.41, 5.74) is 1.13. The molecule has 3 rings (SSSR count). The van der Waals surface area contributed by atoms with Gasteiger partial charge < -0.3 is 19.5 Å². The van der Waals surface area contributed by atoms with Crippen LogP contribution in [0.3, 0.4) is 0 Å². The highest BCUT2D eigenvalue weighted by Gasteiger charge is 2.45. The van der Waals surface area contributed by atoms with Crippen LogP contribution < -0.4 is 4.74 Å². The first-order valence-electron chi connectivity index (χ1n) is 8.65. The quantitative estimate of drug-likeness (QED) is 0.456. The zero-order valence-electron chi connectivity index (χ0n) is 15.5. The second kappa shape index (κ2) is 8.46. The number of hydrogen-bond acceptors (Lipinski definition) is 5. The van der Waals surface area contributed by atoms with E-state index >= 15 is 0 Å². The Kier molecular flexibility index (Phi) is 6.02. The number of carbonyl (C=O) groups excluding carboxylic acids is 2. The van der Waals surface area contributed by atoms with Gasteiger partial charge in [-0.05, 0) is 42.0 Å². The van der Waals surface area contributed by atoms with Crippen molar-refractivity contribution in [2.75, 3.05) is 27.4 Å². The number of nitrogens with zero attached hydrogens (tertiary/aromatic N) is 1. The van der Waals surface area contributed by atoms with Gasteiger partial charge in [-0.3, -0.25) is 9.59 Å². The molecule has 0 aromatic heterocycles. The Morgan fingerprint density at radius 3 is 2.29 bits per heavy atom. The van der Waals surface area contributed by atoms with Crippen LogP contribution in [0.15, 0.2) is 54.1 Å². The van der Waals surface area contributed by atoms with Crippen LogP contribution in [0.4, 0.5) is 0 Å². The summed E-state index contributed by atoms with van der Waals surface area (Å²) in [6.07, 6.45) is 0. The molecule has 146 valence electrons. The highest BCUT2D eigenvalue weighted by Crippen LogP contribution is 2.39. The lowest BCUT2D eigenvalue weighted by molar-refractivity contribution is -0.140. The van der Waals surface area contributed by atoms with E-state index in [9.17, 15) is 14.7 Å². The lowest BCUT2D eigenvalue weighted by atomic mass is 9.95. The Labute approximate surface area is 167 Å². The molecule has 1 N–H and O–H groups in total. The molecule has 2 aromatic rings. The first-order valence-corrected chi connectivity index (χ1v) is 9.03. The summed E-state index contributed by atoms with van der Waals surface area (Å²) in [6, 6.07) is 12.7. The van der Waals surface area contributed by atoms with Crippen LogP contribution in [0.25, 0.3) is 5.76 Å². The van der Waals surface area contributed by atoms with Gasteiger partial charge >= 0.3 is 0 Å². The van der Waals surface area contributed by atoms with Gasteiger partial charge in [0.2, 0.25) is 0 Å². The number of halogens is 1. The molecule has 0 saturated carbocycles. The Morgan fingerprint density at radius 2 is 1.71 bits per heavy atom. The maximum absolute atomic E-state index is 12.8. The Balaban J connectivity index is 2.13. The monoisotopic (exact) mass is 401 g/mol. The molecule has 1 heterocycles. The average Bonchev–Trinajstić information content (AvgIpc) is 2.97. The fourth-order valence-corrected chi connectivity index (χ4v) is 3.32. The van der Waals surface area contributed by atoms with Crippen LogP contribution in [0, 0.1) is 0 Å². The summed E-state index contributed by atoms with van der Waals surface area (Å²) in [5.74, 6) is -0.996. The first-order chi connectivity index (χ1) is 13.5. The highest BCUT2D eigenvalue weighted by atomic mass is 35.5. The Bertz CT molecular complexity index is 905. The van der Waals surface area contributed by atoms with Gasteiger partial charge in [-0.1, -0.05) is 23.7 Å². The van der Waals surface area contributed by atoms with Gasteiger partial charge in [-0.25, -0.2) is 0 Å². The number of ketones is 1. The molecule has 1 saturated heterocycles. The molecule has 1 aliphatic heterocycles. The van der Waals surface area contributed by atoms with Crippen molar-refractivity contribution in [3.63, 3.8) is 0 Å². The largest absolute Gasteiger partial charge is 0.507 e. The highest BCUT2D eigenvalue weighted by molar-refractivity contribution is 6.46. The molecule has 28 heavy (non-hydrogen) atoms. The second-order valence-corrected chi connectivity index (χ2v) is 6.70. The van der Waals surface area contributed by atoms with Crippen molar-refractivity contribution in [1.82, 2.24) is 4.90 Å². The average molecular weight is 402 g/mol. The van der Waals surface area contributed by atoms with Gasteiger partial charge in [0.15, 0.2) is 0 Å². The number of ether oxygens (including phenoxy) is 2. The molecule has 0 radical (unpaired) electrons. The predicted molar refractivity (Wildman–Crippen MR) is 105 cm³/mol. The summed E-state index contributed by atoms with van der Waals surface area (Å²) in [7, 11) is 3.08. The lowest BCUT2D eigenvalue weighted by Gasteiger charge is -2.25. The number of likely N-dealkylation sites (tertiary alicyclic amines) is 1. The van der Waals surface area contributed by atoms with E-state index in [4.69, 9.17) is 21.1 Å². The number of Topliss-reactive ketones (excluding diaryl/α,β-unsaturated/α-hetero) is 1. The van der Waals surface area contributed by atoms with Crippen LogP contribution in [0.5, 0.6) is 5.75 Å². The zero-order chi connectivity index (χ0) is 20.3. The van der Waals surface area contributed by atoms with Crippen LogP contribution >= 0.6 is 11.6 Å². The third-order valence-electron chi connectivity index (χ3n) is 4.63. The minimum atomic E-state index is -0.732. The molecular weight excluding hydrogens is 382 g/mol.